The number of rotatable bonds is 1. The Balaban J connectivity index is 3.17. The molecule has 0 aliphatic carbocycles. The quantitative estimate of drug-likeness (QED) is 0.701. The molecule has 0 N–H and O–H groups in total. The zero-order valence-corrected chi connectivity index (χ0v) is 10.3. The zero-order valence-electron chi connectivity index (χ0n) is 7.42. The minimum absolute atomic E-state index is 0.312. The monoisotopic (exact) mass is 268 g/mol. The van der Waals surface area contributed by atoms with Crippen LogP contribution in [-0.4, -0.2) is 29.7 Å². The molecular weight excluding hydrogens is 257 g/mol. The molecule has 0 saturated heterocycles. The van der Waals surface area contributed by atoms with Gasteiger partial charge in [-0.3, -0.25) is 0 Å². The summed E-state index contributed by atoms with van der Waals surface area (Å²) in [5.74, 6) is 0.312. The fourth-order valence-electron chi connectivity index (χ4n) is 0.875. The summed E-state index contributed by atoms with van der Waals surface area (Å²) >= 11 is -1.42. The van der Waals surface area contributed by atoms with E-state index in [1.165, 1.54) is 0 Å². The van der Waals surface area contributed by atoms with Crippen LogP contribution in [0.4, 0.5) is 0 Å². The molecule has 1 aromatic heterocycles. The van der Waals surface area contributed by atoms with Gasteiger partial charge in [0.1, 0.15) is 0 Å². The summed E-state index contributed by atoms with van der Waals surface area (Å²) < 4.78 is 1.13. The van der Waals surface area contributed by atoms with Gasteiger partial charge in [-0.15, -0.1) is 0 Å². The normalized spacial score (nSPS) is 9.92. The second-order valence-electron chi connectivity index (χ2n) is 2.83. The van der Waals surface area contributed by atoms with Crippen LogP contribution in [0.2, 0.25) is 9.88 Å². The molecule has 0 aromatic carbocycles. The zero-order chi connectivity index (χ0) is 9.14. The van der Waals surface area contributed by atoms with Crippen LogP contribution >= 0.6 is 0 Å². The molecule has 0 atom stereocenters. The third-order valence-electron chi connectivity index (χ3n) is 1.47. The van der Waals surface area contributed by atoms with E-state index in [0.29, 0.717) is 5.82 Å². The molecule has 0 fully saturated rings. The Hall–Kier alpha value is -0.631. The van der Waals surface area contributed by atoms with Crippen molar-refractivity contribution in [2.75, 3.05) is 0 Å². The van der Waals surface area contributed by atoms with E-state index in [9.17, 15) is 0 Å². The van der Waals surface area contributed by atoms with Crippen LogP contribution in [-0.2, 0) is 0 Å². The molecule has 4 heteroatoms. The van der Waals surface area contributed by atoms with E-state index in [2.05, 4.69) is 19.8 Å². The molecule has 12 heavy (non-hydrogen) atoms. The standard InChI is InChI=1S/C6H4N3.2CH3.Sn/c1-5-2-3-8-6(4-7)9-5;;;/h2H,1H3;2*1H3;. The van der Waals surface area contributed by atoms with E-state index < -0.39 is 19.8 Å². The van der Waals surface area contributed by atoms with Crippen molar-refractivity contribution in [3.05, 3.63) is 17.6 Å². The van der Waals surface area contributed by atoms with Crippen LogP contribution in [0.1, 0.15) is 11.5 Å². The summed E-state index contributed by atoms with van der Waals surface area (Å²) in [6.07, 6.45) is 0. The van der Waals surface area contributed by atoms with Gasteiger partial charge in [-0.25, -0.2) is 0 Å². The van der Waals surface area contributed by atoms with Crippen LogP contribution in [0, 0.1) is 18.3 Å². The van der Waals surface area contributed by atoms with Crippen LogP contribution in [0.15, 0.2) is 6.07 Å². The van der Waals surface area contributed by atoms with Gasteiger partial charge in [0.25, 0.3) is 0 Å². The second-order valence-corrected chi connectivity index (χ2v) is 10.0. The van der Waals surface area contributed by atoms with Gasteiger partial charge in [-0.05, 0) is 0 Å². The van der Waals surface area contributed by atoms with Crippen LogP contribution < -0.4 is 3.71 Å². The van der Waals surface area contributed by atoms with Gasteiger partial charge in [0, 0.05) is 0 Å². The Kier molecular flexibility index (Phi) is 3.04. The minimum atomic E-state index is -1.42. The van der Waals surface area contributed by atoms with Crippen LogP contribution in [0.3, 0.4) is 0 Å². The van der Waals surface area contributed by atoms with Gasteiger partial charge in [0.2, 0.25) is 0 Å². The molecule has 61 valence electrons. The van der Waals surface area contributed by atoms with Crippen molar-refractivity contribution in [2.24, 2.45) is 0 Å². The fourth-order valence-corrected chi connectivity index (χ4v) is 3.24. The molecule has 0 amide bonds. The molecule has 1 heterocycles. The SMILES string of the molecule is Cc1c[c]([Sn]([CH3])[CH3])nc(C#N)n1. The Labute approximate surface area is 79.2 Å². The van der Waals surface area contributed by atoms with Crippen LogP contribution in [0.25, 0.3) is 0 Å². The molecule has 1 aromatic rings. The first kappa shape index (κ1) is 9.46. The molecule has 0 aliphatic rings. The van der Waals surface area contributed by atoms with E-state index in [4.69, 9.17) is 5.26 Å². The van der Waals surface area contributed by atoms with Crippen molar-refractivity contribution in [3.63, 3.8) is 0 Å². The van der Waals surface area contributed by atoms with E-state index in [-0.39, 0.29) is 0 Å². The van der Waals surface area contributed by atoms with E-state index in [1.807, 2.05) is 19.1 Å². The molecule has 0 bridgehead atoms. The first-order chi connectivity index (χ1) is 5.63. The third kappa shape index (κ3) is 2.18. The summed E-state index contributed by atoms with van der Waals surface area (Å²) in [4.78, 5) is 12.6. The number of nitriles is 1. The second kappa shape index (κ2) is 3.85. The number of aryl methyl sites for hydroxylation is 1. The van der Waals surface area contributed by atoms with Crippen molar-refractivity contribution in [3.8, 4) is 6.07 Å². The average molecular weight is 267 g/mol. The van der Waals surface area contributed by atoms with Gasteiger partial charge in [0.15, 0.2) is 0 Å². The summed E-state index contributed by atoms with van der Waals surface area (Å²) in [5.41, 5.74) is 0.901. The van der Waals surface area contributed by atoms with Gasteiger partial charge >= 0.3 is 79.2 Å². The number of hydrogen-bond acceptors (Lipinski definition) is 3. The Morgan fingerprint density at radius 3 is 2.58 bits per heavy atom. The van der Waals surface area contributed by atoms with Gasteiger partial charge in [-0.2, -0.15) is 0 Å². The molecule has 0 unspecified atom stereocenters. The van der Waals surface area contributed by atoms with E-state index in [0.717, 1.165) is 9.40 Å². The van der Waals surface area contributed by atoms with Gasteiger partial charge in [0.05, 0.1) is 0 Å². The van der Waals surface area contributed by atoms with Crippen molar-refractivity contribution >= 4 is 23.5 Å². The number of aromatic nitrogens is 2. The summed E-state index contributed by atoms with van der Waals surface area (Å²) in [5, 5.41) is 8.62. The number of nitrogens with zero attached hydrogens (tertiary/aromatic N) is 3. The molecule has 1 rings (SSSR count). The summed E-state index contributed by atoms with van der Waals surface area (Å²) in [6, 6.07) is 3.97. The molecule has 1 radical (unpaired) electrons. The van der Waals surface area contributed by atoms with Crippen molar-refractivity contribution in [2.45, 2.75) is 16.8 Å². The predicted octanol–water partition coefficient (Wildman–Crippen LogP) is 0.618. The third-order valence-corrected chi connectivity index (χ3v) is 5.12. The van der Waals surface area contributed by atoms with Crippen molar-refractivity contribution < 1.29 is 0 Å². The maximum atomic E-state index is 8.62. The Bertz CT molecular complexity index is 328. The molecule has 0 aliphatic heterocycles. The topological polar surface area (TPSA) is 49.6 Å². The van der Waals surface area contributed by atoms with Gasteiger partial charge < -0.3 is 0 Å². The van der Waals surface area contributed by atoms with Crippen LogP contribution in [0.5, 0.6) is 0 Å². The van der Waals surface area contributed by atoms with E-state index >= 15 is 0 Å². The fraction of sp³-hybridized carbons (Fsp3) is 0.375. The van der Waals surface area contributed by atoms with Crippen molar-refractivity contribution in [1.82, 2.24) is 9.97 Å². The van der Waals surface area contributed by atoms with Gasteiger partial charge in [-0.1, -0.05) is 0 Å². The molecule has 0 spiro atoms. The molecular formula is C8H10N3Sn. The molecule has 0 saturated carbocycles. The Morgan fingerprint density at radius 2 is 2.08 bits per heavy atom. The average Bonchev–Trinajstić information content (AvgIpc) is 2.03. The number of hydrogen-bond donors (Lipinski definition) is 0. The van der Waals surface area contributed by atoms with Crippen molar-refractivity contribution in [1.29, 1.82) is 5.26 Å². The Morgan fingerprint density at radius 1 is 1.42 bits per heavy atom. The summed E-state index contributed by atoms with van der Waals surface area (Å²) in [7, 11) is 0. The maximum absolute atomic E-state index is 8.62. The molecule has 3 nitrogen and oxygen atoms in total. The first-order valence-electron chi connectivity index (χ1n) is 3.70. The predicted molar refractivity (Wildman–Crippen MR) is 48.6 cm³/mol. The summed E-state index contributed by atoms with van der Waals surface area (Å²) in [6.45, 7) is 1.90. The first-order valence-corrected chi connectivity index (χ1v) is 10.8. The van der Waals surface area contributed by atoms with E-state index in [1.54, 1.807) is 0 Å².